The van der Waals surface area contributed by atoms with Crippen molar-refractivity contribution in [1.82, 2.24) is 5.32 Å². The highest BCUT2D eigenvalue weighted by molar-refractivity contribution is 5.92. The van der Waals surface area contributed by atoms with E-state index in [1.54, 1.807) is 6.92 Å². The summed E-state index contributed by atoms with van der Waals surface area (Å²) < 4.78 is 17.3. The van der Waals surface area contributed by atoms with Crippen LogP contribution in [0, 0.1) is 23.7 Å². The lowest BCUT2D eigenvalue weighted by Crippen LogP contribution is -2.61. The first-order valence-corrected chi connectivity index (χ1v) is 12.5. The predicted octanol–water partition coefficient (Wildman–Crippen LogP) is 3.09. The van der Waals surface area contributed by atoms with Crippen molar-refractivity contribution in [3.8, 4) is 0 Å². The molecule has 3 heterocycles. The van der Waals surface area contributed by atoms with Crippen LogP contribution in [0.15, 0.2) is 54.8 Å². The molecule has 1 saturated carbocycles. The first-order chi connectivity index (χ1) is 17.0. The van der Waals surface area contributed by atoms with E-state index >= 15 is 0 Å². The molecule has 3 fully saturated rings. The van der Waals surface area contributed by atoms with Gasteiger partial charge in [0.2, 0.25) is 5.60 Å². The molecular weight excluding hydrogens is 462 g/mol. The molecule has 8 heteroatoms. The van der Waals surface area contributed by atoms with Crippen LogP contribution in [0.5, 0.6) is 0 Å². The molecule has 1 amide bonds. The molecule has 1 aliphatic carbocycles. The maximum absolute atomic E-state index is 13.8. The molecule has 1 spiro atoms. The van der Waals surface area contributed by atoms with Crippen LogP contribution in [0.1, 0.15) is 39.7 Å². The highest BCUT2D eigenvalue weighted by Gasteiger charge is 2.78. The number of benzene rings is 1. The molecule has 1 aromatic rings. The van der Waals surface area contributed by atoms with Crippen LogP contribution >= 0.6 is 0 Å². The number of hydrogen-bond acceptors (Lipinski definition) is 7. The highest BCUT2D eigenvalue weighted by atomic mass is 16.7. The third-order valence-corrected chi connectivity index (χ3v) is 8.64. The van der Waals surface area contributed by atoms with E-state index in [2.05, 4.69) is 5.32 Å². The van der Waals surface area contributed by atoms with Crippen LogP contribution in [-0.4, -0.2) is 51.9 Å². The van der Waals surface area contributed by atoms with Crippen molar-refractivity contribution in [2.75, 3.05) is 0 Å². The molecule has 36 heavy (non-hydrogen) atoms. The quantitative estimate of drug-likeness (QED) is 0.368. The molecule has 2 N–H and O–H groups in total. The van der Waals surface area contributed by atoms with Crippen LogP contribution in [-0.2, 0) is 30.2 Å². The Morgan fingerprint density at radius 2 is 1.83 bits per heavy atom. The number of carbonyl (C=O) groups excluding carboxylic acids is 3. The Morgan fingerprint density at radius 3 is 2.56 bits per heavy atom. The number of hydrogen-bond donors (Lipinski definition) is 2. The largest absolute Gasteiger partial charge is 0.514 e. The van der Waals surface area contributed by atoms with E-state index in [1.165, 1.54) is 6.92 Å². The molecule has 3 aliphatic heterocycles. The third-order valence-electron chi connectivity index (χ3n) is 8.64. The number of ketones is 1. The van der Waals surface area contributed by atoms with Gasteiger partial charge in [-0.25, -0.2) is 4.79 Å². The summed E-state index contributed by atoms with van der Waals surface area (Å²) in [6.07, 6.45) is 5.28. The lowest BCUT2D eigenvalue weighted by Gasteiger charge is -2.45. The number of carbonyl (C=O) groups is 3. The maximum Gasteiger partial charge on any atom is 0.514 e. The number of epoxide rings is 1. The Morgan fingerprint density at radius 1 is 1.11 bits per heavy atom. The van der Waals surface area contributed by atoms with Crippen molar-refractivity contribution in [1.29, 1.82) is 0 Å². The molecule has 192 valence electrons. The van der Waals surface area contributed by atoms with Gasteiger partial charge < -0.3 is 24.6 Å². The summed E-state index contributed by atoms with van der Waals surface area (Å²) in [5, 5.41) is 13.7. The molecule has 2 saturated heterocycles. The Hall–Kier alpha value is -2.97. The van der Waals surface area contributed by atoms with Gasteiger partial charge in [-0.1, -0.05) is 56.3 Å². The second kappa shape index (κ2) is 8.56. The zero-order valence-corrected chi connectivity index (χ0v) is 21.0. The SMILES string of the molecule is CC1CC=CC2C3O[C@]3(C)C(C)C3C(Cc4ccccc4)NC(=O)[C@@]23OC(=O)OC=C[C@@](C)(O)C1=O. The summed E-state index contributed by atoms with van der Waals surface area (Å²) in [7, 11) is 0. The van der Waals surface area contributed by atoms with Gasteiger partial charge in [0.1, 0.15) is 5.60 Å². The third kappa shape index (κ3) is 3.78. The minimum absolute atomic E-state index is 0.0972. The number of Topliss-reactive ketones (excluding diaryl/α,β-unsaturated/α-hetero) is 1. The summed E-state index contributed by atoms with van der Waals surface area (Å²) in [5.74, 6) is -2.32. The maximum atomic E-state index is 13.8. The number of allylic oxidation sites excluding steroid dienone is 1. The van der Waals surface area contributed by atoms with E-state index in [0.29, 0.717) is 12.8 Å². The average molecular weight is 496 g/mol. The Balaban J connectivity index is 1.58. The molecule has 0 bridgehead atoms. The van der Waals surface area contributed by atoms with Gasteiger partial charge in [0, 0.05) is 17.9 Å². The Labute approximate surface area is 210 Å². The summed E-state index contributed by atoms with van der Waals surface area (Å²) in [6.45, 7) is 7.15. The van der Waals surface area contributed by atoms with Crippen LogP contribution in [0.4, 0.5) is 4.79 Å². The van der Waals surface area contributed by atoms with Crippen molar-refractivity contribution in [3.05, 3.63) is 60.4 Å². The van der Waals surface area contributed by atoms with Gasteiger partial charge in [-0.2, -0.15) is 0 Å². The number of nitrogens with one attached hydrogen (secondary N) is 1. The summed E-state index contributed by atoms with van der Waals surface area (Å²) in [5.41, 5.74) is -2.76. The zero-order valence-electron chi connectivity index (χ0n) is 21.0. The Kier molecular flexibility index (Phi) is 5.87. The lowest BCUT2D eigenvalue weighted by atomic mass is 9.59. The highest BCUT2D eigenvalue weighted by Crippen LogP contribution is 2.63. The molecule has 9 atom stereocenters. The fourth-order valence-corrected chi connectivity index (χ4v) is 6.51. The fourth-order valence-electron chi connectivity index (χ4n) is 6.51. The fraction of sp³-hybridized carbons (Fsp3) is 0.536. The van der Waals surface area contributed by atoms with E-state index in [-0.39, 0.29) is 29.9 Å². The first kappa shape index (κ1) is 24.7. The number of amides is 1. The molecule has 6 unspecified atom stereocenters. The van der Waals surface area contributed by atoms with Gasteiger partial charge in [-0.05, 0) is 44.2 Å². The molecule has 0 aromatic heterocycles. The second-order valence-electron chi connectivity index (χ2n) is 11.0. The van der Waals surface area contributed by atoms with Crippen LogP contribution < -0.4 is 5.32 Å². The van der Waals surface area contributed by atoms with Crippen LogP contribution in [0.2, 0.25) is 0 Å². The van der Waals surface area contributed by atoms with Crippen LogP contribution in [0.25, 0.3) is 0 Å². The van der Waals surface area contributed by atoms with Gasteiger partial charge in [0.05, 0.1) is 23.9 Å². The standard InChI is InChI=1S/C28H33NO7/c1-16-9-8-12-19-23-27(4,35-23)17(2)21-20(15-18-10-6-5-7-11-18)29-24(31)28(19,21)36-25(32)34-14-13-26(3,33)22(16)30/h5-8,10-14,16-17,19-21,23,33H,9,15H2,1-4H3,(H,29,31)/t16?,17?,19?,20?,21?,23?,26-,27-,28-/m1/s1. The number of ether oxygens (including phenoxy) is 3. The van der Waals surface area contributed by atoms with Gasteiger partial charge >= 0.3 is 6.16 Å². The summed E-state index contributed by atoms with van der Waals surface area (Å²) in [4.78, 5) is 39.5. The molecule has 1 aromatic carbocycles. The van der Waals surface area contributed by atoms with E-state index in [9.17, 15) is 19.5 Å². The van der Waals surface area contributed by atoms with E-state index < -0.39 is 40.6 Å². The first-order valence-electron chi connectivity index (χ1n) is 12.5. The van der Waals surface area contributed by atoms with Gasteiger partial charge in [0.15, 0.2) is 5.78 Å². The van der Waals surface area contributed by atoms with Gasteiger partial charge in [-0.3, -0.25) is 9.59 Å². The molecule has 4 aliphatic rings. The molecule has 0 radical (unpaired) electrons. The van der Waals surface area contributed by atoms with Crippen molar-refractivity contribution in [2.45, 2.75) is 69.5 Å². The van der Waals surface area contributed by atoms with Crippen molar-refractivity contribution < 1.29 is 33.7 Å². The normalized spacial score (nSPS) is 44.0. The van der Waals surface area contributed by atoms with Crippen molar-refractivity contribution in [2.24, 2.45) is 23.7 Å². The van der Waals surface area contributed by atoms with Crippen LogP contribution in [0.3, 0.4) is 0 Å². The molecule has 5 rings (SSSR count). The summed E-state index contributed by atoms with van der Waals surface area (Å²) >= 11 is 0. The Bertz CT molecular complexity index is 1130. The minimum Gasteiger partial charge on any atom is -0.416 e. The monoisotopic (exact) mass is 495 g/mol. The zero-order chi connectivity index (χ0) is 25.9. The van der Waals surface area contributed by atoms with Gasteiger partial charge in [-0.15, -0.1) is 0 Å². The topological polar surface area (TPSA) is 114 Å². The van der Waals surface area contributed by atoms with E-state index in [0.717, 1.165) is 17.9 Å². The predicted molar refractivity (Wildman–Crippen MR) is 129 cm³/mol. The number of rotatable bonds is 2. The summed E-state index contributed by atoms with van der Waals surface area (Å²) in [6, 6.07) is 9.58. The number of fused-ring (bicyclic) bond motifs is 2. The average Bonchev–Trinajstić information content (AvgIpc) is 3.45. The lowest BCUT2D eigenvalue weighted by molar-refractivity contribution is -0.153. The van der Waals surface area contributed by atoms with Crippen molar-refractivity contribution >= 4 is 17.8 Å². The molecular formula is C28H33NO7. The van der Waals surface area contributed by atoms with E-state index in [1.807, 2.05) is 56.3 Å². The minimum atomic E-state index is -1.81. The van der Waals surface area contributed by atoms with Crippen molar-refractivity contribution in [3.63, 3.8) is 0 Å². The second-order valence-corrected chi connectivity index (χ2v) is 11.0. The number of aliphatic hydroxyl groups is 1. The number of cyclic esters (lactones) is 1. The molecule has 8 nitrogen and oxygen atoms in total. The van der Waals surface area contributed by atoms with Gasteiger partial charge in [0.25, 0.3) is 5.91 Å². The van der Waals surface area contributed by atoms with E-state index in [4.69, 9.17) is 14.2 Å². The smallest absolute Gasteiger partial charge is 0.416 e.